The van der Waals surface area contributed by atoms with Crippen LogP contribution in [0.2, 0.25) is 0 Å². The maximum atomic E-state index is 12.3. The number of rotatable bonds is 6. The second-order valence-corrected chi connectivity index (χ2v) is 4.75. The average Bonchev–Trinajstić information content (AvgIpc) is 2.85. The van der Waals surface area contributed by atoms with E-state index in [1.165, 1.54) is 0 Å². The molecule has 1 atom stereocenters. The zero-order valence-electron chi connectivity index (χ0n) is 11.2. The molecule has 18 heavy (non-hydrogen) atoms. The van der Waals surface area contributed by atoms with E-state index in [4.69, 9.17) is 5.26 Å². The number of amides is 1. The lowest BCUT2D eigenvalue weighted by atomic mass is 10.1. The number of hydrogen-bond acceptors (Lipinski definition) is 3. The van der Waals surface area contributed by atoms with Gasteiger partial charge in [-0.15, -0.1) is 0 Å². The number of nitriles is 1. The fourth-order valence-electron chi connectivity index (χ4n) is 1.80. The molecule has 0 aliphatic carbocycles. The van der Waals surface area contributed by atoms with Crippen LogP contribution >= 0.6 is 0 Å². The number of nitrogens with zero attached hydrogens (tertiary/aromatic N) is 4. The van der Waals surface area contributed by atoms with Crippen molar-refractivity contribution in [2.45, 2.75) is 33.2 Å². The molecule has 1 heterocycles. The van der Waals surface area contributed by atoms with E-state index in [2.05, 4.69) is 25.0 Å². The maximum absolute atomic E-state index is 12.3. The van der Waals surface area contributed by atoms with E-state index >= 15 is 0 Å². The molecule has 0 aliphatic rings. The lowest BCUT2D eigenvalue weighted by Gasteiger charge is -2.26. The van der Waals surface area contributed by atoms with E-state index in [-0.39, 0.29) is 11.9 Å². The molecule has 1 unspecified atom stereocenters. The Labute approximate surface area is 108 Å². The Hall–Kier alpha value is -1.83. The third-order valence-electron chi connectivity index (χ3n) is 2.67. The van der Waals surface area contributed by atoms with Gasteiger partial charge in [0.05, 0.1) is 12.5 Å². The molecule has 0 aliphatic heterocycles. The zero-order chi connectivity index (χ0) is 13.5. The smallest absolute Gasteiger partial charge is 0.247 e. The van der Waals surface area contributed by atoms with Gasteiger partial charge in [0.2, 0.25) is 5.91 Å². The third kappa shape index (κ3) is 3.88. The summed E-state index contributed by atoms with van der Waals surface area (Å²) in [5.41, 5.74) is 0. The Bertz CT molecular complexity index is 405. The highest BCUT2D eigenvalue weighted by atomic mass is 16.2. The Morgan fingerprint density at radius 3 is 2.72 bits per heavy atom. The molecule has 0 bridgehead atoms. The zero-order valence-corrected chi connectivity index (χ0v) is 11.2. The number of carbonyl (C=O) groups excluding carboxylic acids is 1. The summed E-state index contributed by atoms with van der Waals surface area (Å²) in [7, 11) is 0. The van der Waals surface area contributed by atoms with E-state index < -0.39 is 0 Å². The first-order valence-electron chi connectivity index (χ1n) is 6.21. The molecule has 1 rings (SSSR count). The summed E-state index contributed by atoms with van der Waals surface area (Å²) in [4.78, 5) is 14.1. The highest BCUT2D eigenvalue weighted by Crippen LogP contribution is 2.11. The fourth-order valence-corrected chi connectivity index (χ4v) is 1.80. The SMILES string of the molecule is CC(C)CN(CCC#N)C(=O)C(C)n1cccn1. The molecule has 0 N–H and O–H groups in total. The second-order valence-electron chi connectivity index (χ2n) is 4.75. The number of carbonyl (C=O) groups is 1. The molecule has 98 valence electrons. The predicted molar refractivity (Wildman–Crippen MR) is 68.6 cm³/mol. The van der Waals surface area contributed by atoms with E-state index in [0.29, 0.717) is 25.4 Å². The van der Waals surface area contributed by atoms with Crippen molar-refractivity contribution >= 4 is 5.91 Å². The van der Waals surface area contributed by atoms with Crippen LogP contribution < -0.4 is 0 Å². The monoisotopic (exact) mass is 248 g/mol. The maximum Gasteiger partial charge on any atom is 0.247 e. The van der Waals surface area contributed by atoms with Crippen LogP contribution in [0.15, 0.2) is 18.5 Å². The Morgan fingerprint density at radius 1 is 1.50 bits per heavy atom. The summed E-state index contributed by atoms with van der Waals surface area (Å²) in [6, 6.07) is 3.56. The minimum Gasteiger partial charge on any atom is -0.340 e. The molecule has 0 saturated carbocycles. The molecular weight excluding hydrogens is 228 g/mol. The summed E-state index contributed by atoms with van der Waals surface area (Å²) < 4.78 is 1.64. The first kappa shape index (κ1) is 14.2. The molecule has 0 fully saturated rings. The van der Waals surface area contributed by atoms with Gasteiger partial charge in [-0.1, -0.05) is 13.8 Å². The normalized spacial score (nSPS) is 12.2. The minimum absolute atomic E-state index is 0.0163. The van der Waals surface area contributed by atoms with Crippen molar-refractivity contribution < 1.29 is 4.79 Å². The molecule has 0 aromatic carbocycles. The topological polar surface area (TPSA) is 61.9 Å². The van der Waals surface area contributed by atoms with Gasteiger partial charge in [-0.05, 0) is 18.9 Å². The number of aromatic nitrogens is 2. The van der Waals surface area contributed by atoms with Crippen molar-refractivity contribution in [3.63, 3.8) is 0 Å². The Morgan fingerprint density at radius 2 is 2.22 bits per heavy atom. The van der Waals surface area contributed by atoms with Gasteiger partial charge < -0.3 is 4.90 Å². The Kier molecular flexibility index (Phi) is 5.37. The molecule has 1 aromatic rings. The predicted octanol–water partition coefficient (Wildman–Crippen LogP) is 1.84. The summed E-state index contributed by atoms with van der Waals surface area (Å²) in [5.74, 6) is 0.403. The van der Waals surface area contributed by atoms with E-state index in [1.807, 2.05) is 6.92 Å². The molecular formula is C13H20N4O. The Balaban J connectivity index is 2.72. The van der Waals surface area contributed by atoms with E-state index in [0.717, 1.165) is 0 Å². The van der Waals surface area contributed by atoms with Gasteiger partial charge in [-0.3, -0.25) is 9.48 Å². The summed E-state index contributed by atoms with van der Waals surface area (Å²) in [5, 5.41) is 12.7. The van der Waals surface area contributed by atoms with Crippen LogP contribution in [-0.2, 0) is 4.79 Å². The van der Waals surface area contributed by atoms with Gasteiger partial charge in [0.25, 0.3) is 0 Å². The molecule has 0 spiro atoms. The largest absolute Gasteiger partial charge is 0.340 e. The van der Waals surface area contributed by atoms with Gasteiger partial charge in [0.15, 0.2) is 0 Å². The van der Waals surface area contributed by atoms with Crippen LogP contribution in [0.5, 0.6) is 0 Å². The van der Waals surface area contributed by atoms with Gasteiger partial charge in [-0.2, -0.15) is 10.4 Å². The van der Waals surface area contributed by atoms with Gasteiger partial charge in [0, 0.05) is 25.5 Å². The lowest BCUT2D eigenvalue weighted by molar-refractivity contribution is -0.135. The van der Waals surface area contributed by atoms with Gasteiger partial charge in [0.1, 0.15) is 6.04 Å². The molecule has 0 saturated heterocycles. The van der Waals surface area contributed by atoms with Crippen molar-refractivity contribution in [3.8, 4) is 6.07 Å². The van der Waals surface area contributed by atoms with Crippen molar-refractivity contribution in [1.82, 2.24) is 14.7 Å². The average molecular weight is 248 g/mol. The lowest BCUT2D eigenvalue weighted by Crippen LogP contribution is -2.39. The third-order valence-corrected chi connectivity index (χ3v) is 2.67. The van der Waals surface area contributed by atoms with Crippen molar-refractivity contribution in [2.24, 2.45) is 5.92 Å². The standard InChI is InChI=1S/C13H20N4O/c1-11(2)10-16(8-4-6-14)13(18)12(3)17-9-5-7-15-17/h5,7,9,11-12H,4,8,10H2,1-3H3. The van der Waals surface area contributed by atoms with Crippen LogP contribution in [0, 0.1) is 17.2 Å². The summed E-state index contributed by atoms with van der Waals surface area (Å²) in [6.07, 6.45) is 3.80. The van der Waals surface area contributed by atoms with Crippen LogP contribution in [-0.4, -0.2) is 33.7 Å². The van der Waals surface area contributed by atoms with E-state index in [9.17, 15) is 4.79 Å². The van der Waals surface area contributed by atoms with Crippen LogP contribution in [0.4, 0.5) is 0 Å². The van der Waals surface area contributed by atoms with Crippen molar-refractivity contribution in [3.05, 3.63) is 18.5 Å². The first-order valence-corrected chi connectivity index (χ1v) is 6.21. The molecule has 5 heteroatoms. The van der Waals surface area contributed by atoms with Gasteiger partial charge >= 0.3 is 0 Å². The fraction of sp³-hybridized carbons (Fsp3) is 0.615. The number of hydrogen-bond donors (Lipinski definition) is 0. The minimum atomic E-state index is -0.322. The van der Waals surface area contributed by atoms with Crippen LogP contribution in [0.3, 0.4) is 0 Å². The molecule has 5 nitrogen and oxygen atoms in total. The van der Waals surface area contributed by atoms with E-state index in [1.54, 1.807) is 28.0 Å². The van der Waals surface area contributed by atoms with Crippen molar-refractivity contribution in [1.29, 1.82) is 5.26 Å². The van der Waals surface area contributed by atoms with Crippen LogP contribution in [0.25, 0.3) is 0 Å². The quantitative estimate of drug-likeness (QED) is 0.771. The summed E-state index contributed by atoms with van der Waals surface area (Å²) in [6.45, 7) is 7.11. The van der Waals surface area contributed by atoms with Crippen molar-refractivity contribution in [2.75, 3.05) is 13.1 Å². The molecule has 1 amide bonds. The van der Waals surface area contributed by atoms with Gasteiger partial charge in [-0.25, -0.2) is 0 Å². The highest BCUT2D eigenvalue weighted by Gasteiger charge is 2.22. The molecule has 0 radical (unpaired) electrons. The highest BCUT2D eigenvalue weighted by molar-refractivity contribution is 5.80. The first-order chi connectivity index (χ1) is 8.56. The molecule has 1 aromatic heterocycles. The summed E-state index contributed by atoms with van der Waals surface area (Å²) >= 11 is 0. The second kappa shape index (κ2) is 6.80. The van der Waals surface area contributed by atoms with Crippen LogP contribution in [0.1, 0.15) is 33.2 Å².